The molecule has 7 heteroatoms. The zero-order valence-corrected chi connectivity index (χ0v) is 12.8. The van der Waals surface area contributed by atoms with Crippen LogP contribution in [-0.2, 0) is 0 Å². The van der Waals surface area contributed by atoms with Gasteiger partial charge in [-0.25, -0.2) is 4.98 Å². The molecule has 1 aromatic carbocycles. The van der Waals surface area contributed by atoms with E-state index in [0.29, 0.717) is 40.6 Å². The molecular formula is C14H13Cl2N3O2. The topological polar surface area (TPSA) is 55.4 Å². The van der Waals surface area contributed by atoms with E-state index in [9.17, 15) is 0 Å². The van der Waals surface area contributed by atoms with Gasteiger partial charge in [0, 0.05) is 18.8 Å². The van der Waals surface area contributed by atoms with Gasteiger partial charge >= 0.3 is 0 Å². The third-order valence-corrected chi connectivity index (χ3v) is 3.55. The molecule has 0 spiro atoms. The first-order valence-corrected chi connectivity index (χ1v) is 7.13. The molecule has 1 aromatic heterocycles. The molecule has 2 heterocycles. The van der Waals surface area contributed by atoms with Gasteiger partial charge in [0.2, 0.25) is 0 Å². The first-order chi connectivity index (χ1) is 10.2. The van der Waals surface area contributed by atoms with Crippen molar-refractivity contribution in [2.24, 2.45) is 0 Å². The standard InChI is InChI=1S/C14H13Cl2N3O2/c1-17-13-9(15)7-10(16)14(19-13)18-8-2-3-11-12(6-8)21-5-4-20-11/h2-3,6-7H,4-5H2,1H3,(H2,17,18,19). The van der Waals surface area contributed by atoms with Crippen molar-refractivity contribution in [1.29, 1.82) is 0 Å². The zero-order valence-electron chi connectivity index (χ0n) is 11.2. The summed E-state index contributed by atoms with van der Waals surface area (Å²) in [5, 5.41) is 6.97. The van der Waals surface area contributed by atoms with E-state index < -0.39 is 0 Å². The molecule has 0 saturated heterocycles. The number of fused-ring (bicyclic) bond motifs is 1. The Morgan fingerprint density at radius 2 is 1.71 bits per heavy atom. The molecule has 0 saturated carbocycles. The molecule has 1 aliphatic rings. The van der Waals surface area contributed by atoms with Crippen molar-refractivity contribution >= 4 is 40.5 Å². The highest BCUT2D eigenvalue weighted by Crippen LogP contribution is 2.35. The van der Waals surface area contributed by atoms with Crippen LogP contribution in [0.5, 0.6) is 11.5 Å². The second-order valence-corrected chi connectivity index (χ2v) is 5.20. The van der Waals surface area contributed by atoms with Gasteiger partial charge in [0.25, 0.3) is 0 Å². The number of hydrogen-bond donors (Lipinski definition) is 2. The average Bonchev–Trinajstić information content (AvgIpc) is 2.50. The van der Waals surface area contributed by atoms with E-state index in [1.807, 2.05) is 18.2 Å². The summed E-state index contributed by atoms with van der Waals surface area (Å²) < 4.78 is 11.0. The molecule has 1 aliphatic heterocycles. The fraction of sp³-hybridized carbons (Fsp3) is 0.214. The Kier molecular flexibility index (Phi) is 3.94. The summed E-state index contributed by atoms with van der Waals surface area (Å²) in [4.78, 5) is 4.34. The molecule has 3 rings (SSSR count). The number of benzene rings is 1. The summed E-state index contributed by atoms with van der Waals surface area (Å²) in [7, 11) is 1.75. The van der Waals surface area contributed by atoms with Gasteiger partial charge in [0.1, 0.15) is 19.0 Å². The second kappa shape index (κ2) is 5.87. The lowest BCUT2D eigenvalue weighted by Crippen LogP contribution is -2.15. The van der Waals surface area contributed by atoms with E-state index in [-0.39, 0.29) is 0 Å². The van der Waals surface area contributed by atoms with Gasteiger partial charge in [-0.05, 0) is 18.2 Å². The highest BCUT2D eigenvalue weighted by molar-refractivity contribution is 6.37. The van der Waals surface area contributed by atoms with Gasteiger partial charge in [-0.2, -0.15) is 0 Å². The lowest BCUT2D eigenvalue weighted by molar-refractivity contribution is 0.171. The van der Waals surface area contributed by atoms with E-state index in [2.05, 4.69) is 15.6 Å². The van der Waals surface area contributed by atoms with Crippen molar-refractivity contribution < 1.29 is 9.47 Å². The summed E-state index contributed by atoms with van der Waals surface area (Å²) in [5.41, 5.74) is 0.804. The maximum atomic E-state index is 6.16. The normalized spacial score (nSPS) is 12.9. The van der Waals surface area contributed by atoms with E-state index in [1.54, 1.807) is 13.1 Å². The Morgan fingerprint density at radius 3 is 2.48 bits per heavy atom. The van der Waals surface area contributed by atoms with Crippen molar-refractivity contribution in [1.82, 2.24) is 4.98 Å². The molecule has 0 atom stereocenters. The number of ether oxygens (including phenoxy) is 2. The second-order valence-electron chi connectivity index (χ2n) is 4.38. The molecule has 0 amide bonds. The van der Waals surface area contributed by atoms with Gasteiger partial charge < -0.3 is 20.1 Å². The van der Waals surface area contributed by atoms with Crippen LogP contribution in [0.15, 0.2) is 24.3 Å². The van der Waals surface area contributed by atoms with Crippen LogP contribution in [0.2, 0.25) is 10.0 Å². The summed E-state index contributed by atoms with van der Waals surface area (Å²) in [6.45, 7) is 1.11. The molecule has 0 unspecified atom stereocenters. The third-order valence-electron chi connectivity index (χ3n) is 2.97. The smallest absolute Gasteiger partial charge is 0.163 e. The molecular weight excluding hydrogens is 313 g/mol. The van der Waals surface area contributed by atoms with Crippen LogP contribution < -0.4 is 20.1 Å². The predicted molar refractivity (Wildman–Crippen MR) is 84.5 cm³/mol. The summed E-state index contributed by atoms with van der Waals surface area (Å²) in [6.07, 6.45) is 0. The monoisotopic (exact) mass is 325 g/mol. The summed E-state index contributed by atoms with van der Waals surface area (Å²) >= 11 is 12.2. The first-order valence-electron chi connectivity index (χ1n) is 6.38. The molecule has 2 aromatic rings. The Hall–Kier alpha value is -1.85. The van der Waals surface area contributed by atoms with E-state index in [4.69, 9.17) is 32.7 Å². The maximum Gasteiger partial charge on any atom is 0.163 e. The number of hydrogen-bond acceptors (Lipinski definition) is 5. The highest BCUT2D eigenvalue weighted by Gasteiger charge is 2.13. The first kappa shape index (κ1) is 14.1. The Labute approximate surface area is 132 Å². The van der Waals surface area contributed by atoms with Crippen molar-refractivity contribution in [3.05, 3.63) is 34.3 Å². The zero-order chi connectivity index (χ0) is 14.8. The molecule has 110 valence electrons. The van der Waals surface area contributed by atoms with E-state index >= 15 is 0 Å². The van der Waals surface area contributed by atoms with Crippen molar-refractivity contribution in [3.8, 4) is 11.5 Å². The minimum atomic E-state index is 0.439. The number of nitrogens with one attached hydrogen (secondary N) is 2. The van der Waals surface area contributed by atoms with Crippen LogP contribution in [0.1, 0.15) is 0 Å². The Morgan fingerprint density at radius 1 is 1.00 bits per heavy atom. The lowest BCUT2D eigenvalue weighted by atomic mass is 10.2. The Bertz CT molecular complexity index is 680. The molecule has 0 fully saturated rings. The van der Waals surface area contributed by atoms with Crippen molar-refractivity contribution in [3.63, 3.8) is 0 Å². The number of pyridine rings is 1. The minimum absolute atomic E-state index is 0.439. The number of aromatic nitrogens is 1. The van der Waals surface area contributed by atoms with Crippen molar-refractivity contribution in [2.45, 2.75) is 0 Å². The number of halogens is 2. The fourth-order valence-electron chi connectivity index (χ4n) is 1.99. The van der Waals surface area contributed by atoms with Crippen molar-refractivity contribution in [2.75, 3.05) is 30.9 Å². The van der Waals surface area contributed by atoms with Crippen LogP contribution in [0.3, 0.4) is 0 Å². The van der Waals surface area contributed by atoms with E-state index in [0.717, 1.165) is 11.4 Å². The van der Waals surface area contributed by atoms with Crippen LogP contribution >= 0.6 is 23.2 Å². The quantitative estimate of drug-likeness (QED) is 0.895. The van der Waals surface area contributed by atoms with Gasteiger partial charge in [0.15, 0.2) is 17.3 Å². The van der Waals surface area contributed by atoms with E-state index in [1.165, 1.54) is 0 Å². The average molecular weight is 326 g/mol. The van der Waals surface area contributed by atoms with Gasteiger partial charge in [0.05, 0.1) is 10.0 Å². The largest absolute Gasteiger partial charge is 0.486 e. The molecule has 0 bridgehead atoms. The van der Waals surface area contributed by atoms with Crippen LogP contribution in [0, 0.1) is 0 Å². The fourth-order valence-corrected chi connectivity index (χ4v) is 2.49. The summed E-state index contributed by atoms with van der Waals surface area (Å²) in [5.74, 6) is 2.51. The predicted octanol–water partition coefficient (Wildman–Crippen LogP) is 3.94. The van der Waals surface area contributed by atoms with Crippen LogP contribution in [0.25, 0.3) is 0 Å². The number of nitrogens with zero attached hydrogens (tertiary/aromatic N) is 1. The van der Waals surface area contributed by atoms with Gasteiger partial charge in [-0.1, -0.05) is 23.2 Å². The lowest BCUT2D eigenvalue weighted by Gasteiger charge is -2.19. The molecule has 0 aliphatic carbocycles. The SMILES string of the molecule is CNc1nc(Nc2ccc3c(c2)OCCO3)c(Cl)cc1Cl. The minimum Gasteiger partial charge on any atom is -0.486 e. The molecule has 21 heavy (non-hydrogen) atoms. The number of rotatable bonds is 3. The molecule has 5 nitrogen and oxygen atoms in total. The highest BCUT2D eigenvalue weighted by atomic mass is 35.5. The third kappa shape index (κ3) is 2.94. The Balaban J connectivity index is 1.90. The van der Waals surface area contributed by atoms with Gasteiger partial charge in [-0.3, -0.25) is 0 Å². The summed E-state index contributed by atoms with van der Waals surface area (Å²) in [6, 6.07) is 7.21. The maximum absolute atomic E-state index is 6.16. The molecule has 2 N–H and O–H groups in total. The van der Waals surface area contributed by atoms with Crippen LogP contribution in [0.4, 0.5) is 17.3 Å². The van der Waals surface area contributed by atoms with Gasteiger partial charge in [-0.15, -0.1) is 0 Å². The molecule has 0 radical (unpaired) electrons. The van der Waals surface area contributed by atoms with Crippen LogP contribution in [-0.4, -0.2) is 25.2 Å². The number of anilines is 3.